The van der Waals surface area contributed by atoms with Crippen LogP contribution in [0.15, 0.2) is 30.3 Å². The maximum Gasteiger partial charge on any atom is 0.0278 e. The summed E-state index contributed by atoms with van der Waals surface area (Å²) in [6.07, 6.45) is 2.33. The van der Waals surface area contributed by atoms with E-state index in [0.717, 1.165) is 19.5 Å². The van der Waals surface area contributed by atoms with E-state index in [1.54, 1.807) is 0 Å². The summed E-state index contributed by atoms with van der Waals surface area (Å²) in [5, 5.41) is 3.70. The summed E-state index contributed by atoms with van der Waals surface area (Å²) in [5.74, 6) is 0. The van der Waals surface area contributed by atoms with Crippen molar-refractivity contribution in [1.29, 1.82) is 0 Å². The molecule has 0 bridgehead atoms. The summed E-state index contributed by atoms with van der Waals surface area (Å²) in [5.41, 5.74) is 1.72. The van der Waals surface area contributed by atoms with Crippen molar-refractivity contribution in [3.63, 3.8) is 0 Å². The predicted molar refractivity (Wildman–Crippen MR) is 82.5 cm³/mol. The van der Waals surface area contributed by atoms with Gasteiger partial charge in [0.1, 0.15) is 0 Å². The molecule has 3 atom stereocenters. The first-order chi connectivity index (χ1) is 9.04. The summed E-state index contributed by atoms with van der Waals surface area (Å²) in [7, 11) is 0. The van der Waals surface area contributed by atoms with Crippen molar-refractivity contribution in [2.45, 2.75) is 58.2 Å². The molecule has 1 N–H and O–H groups in total. The summed E-state index contributed by atoms with van der Waals surface area (Å²) in [6, 6.07) is 12.1. The minimum absolute atomic E-state index is 0.275. The third kappa shape index (κ3) is 3.58. The second-order valence-corrected chi connectivity index (χ2v) is 6.36. The number of hydrogen-bond acceptors (Lipinski definition) is 2. The highest BCUT2D eigenvalue weighted by Gasteiger charge is 2.34. The van der Waals surface area contributed by atoms with E-state index in [4.69, 9.17) is 0 Å². The molecule has 1 fully saturated rings. The van der Waals surface area contributed by atoms with Crippen LogP contribution in [-0.2, 0) is 6.42 Å². The molecule has 1 saturated heterocycles. The second kappa shape index (κ2) is 6.06. The maximum absolute atomic E-state index is 3.70. The van der Waals surface area contributed by atoms with Gasteiger partial charge in [0.2, 0.25) is 0 Å². The van der Waals surface area contributed by atoms with Gasteiger partial charge >= 0.3 is 0 Å². The first-order valence-electron chi connectivity index (χ1n) is 7.59. The molecule has 106 valence electrons. The van der Waals surface area contributed by atoms with E-state index in [2.05, 4.69) is 68.2 Å². The Morgan fingerprint density at radius 2 is 2.05 bits per heavy atom. The van der Waals surface area contributed by atoms with Gasteiger partial charge in [-0.1, -0.05) is 37.3 Å². The highest BCUT2D eigenvalue weighted by atomic mass is 15.3. The summed E-state index contributed by atoms with van der Waals surface area (Å²) in [6.45, 7) is 11.6. The van der Waals surface area contributed by atoms with E-state index in [0.29, 0.717) is 12.1 Å². The quantitative estimate of drug-likeness (QED) is 0.895. The molecule has 3 unspecified atom stereocenters. The van der Waals surface area contributed by atoms with Gasteiger partial charge in [-0.25, -0.2) is 0 Å². The normalized spacial score (nSPS) is 30.2. The third-order valence-corrected chi connectivity index (χ3v) is 4.64. The molecule has 0 radical (unpaired) electrons. The lowest BCUT2D eigenvalue weighted by Crippen LogP contribution is -2.63. The number of piperazine rings is 1. The lowest BCUT2D eigenvalue weighted by Gasteiger charge is -2.47. The van der Waals surface area contributed by atoms with Crippen LogP contribution in [-0.4, -0.2) is 35.6 Å². The van der Waals surface area contributed by atoms with E-state index in [1.807, 2.05) is 0 Å². The smallest absolute Gasteiger partial charge is 0.0278 e. The van der Waals surface area contributed by atoms with Crippen LogP contribution in [0.25, 0.3) is 0 Å². The number of rotatable bonds is 4. The van der Waals surface area contributed by atoms with Gasteiger partial charge in [0, 0.05) is 30.7 Å². The topological polar surface area (TPSA) is 15.3 Å². The molecule has 2 nitrogen and oxygen atoms in total. The van der Waals surface area contributed by atoms with Crippen LogP contribution >= 0.6 is 0 Å². The molecule has 1 aliphatic heterocycles. The molecule has 19 heavy (non-hydrogen) atoms. The highest BCUT2D eigenvalue weighted by molar-refractivity contribution is 5.16. The zero-order chi connectivity index (χ0) is 13.9. The molecule has 0 spiro atoms. The van der Waals surface area contributed by atoms with Crippen LogP contribution in [0.2, 0.25) is 0 Å². The van der Waals surface area contributed by atoms with Gasteiger partial charge in [0.15, 0.2) is 0 Å². The van der Waals surface area contributed by atoms with Crippen molar-refractivity contribution in [1.82, 2.24) is 10.2 Å². The van der Waals surface area contributed by atoms with Crippen LogP contribution in [0.3, 0.4) is 0 Å². The van der Waals surface area contributed by atoms with Crippen LogP contribution in [0.1, 0.15) is 39.7 Å². The van der Waals surface area contributed by atoms with Crippen molar-refractivity contribution < 1.29 is 0 Å². The fourth-order valence-corrected chi connectivity index (χ4v) is 3.03. The number of hydrogen-bond donors (Lipinski definition) is 1. The number of nitrogens with one attached hydrogen (secondary N) is 1. The minimum atomic E-state index is 0.275. The van der Waals surface area contributed by atoms with Crippen molar-refractivity contribution >= 4 is 0 Å². The van der Waals surface area contributed by atoms with Crippen LogP contribution in [0.4, 0.5) is 0 Å². The summed E-state index contributed by atoms with van der Waals surface area (Å²) < 4.78 is 0. The van der Waals surface area contributed by atoms with Crippen LogP contribution < -0.4 is 5.32 Å². The average Bonchev–Trinajstić information content (AvgIpc) is 2.43. The Hall–Kier alpha value is -0.860. The van der Waals surface area contributed by atoms with E-state index in [9.17, 15) is 0 Å². The largest absolute Gasteiger partial charge is 0.309 e. The van der Waals surface area contributed by atoms with Gasteiger partial charge < -0.3 is 5.32 Å². The molecule has 0 aliphatic carbocycles. The van der Waals surface area contributed by atoms with E-state index >= 15 is 0 Å². The van der Waals surface area contributed by atoms with E-state index in [1.165, 1.54) is 12.0 Å². The molecular weight excluding hydrogens is 232 g/mol. The zero-order valence-corrected chi connectivity index (χ0v) is 12.8. The van der Waals surface area contributed by atoms with Crippen molar-refractivity contribution in [2.24, 2.45) is 0 Å². The predicted octanol–water partition coefficient (Wildman–Crippen LogP) is 3.08. The second-order valence-electron chi connectivity index (χ2n) is 6.36. The Morgan fingerprint density at radius 1 is 1.37 bits per heavy atom. The molecule has 0 aromatic heterocycles. The SMILES string of the molecule is CCC1(C)CN(C(C)Cc2ccccc2)C(C)CN1. The molecule has 2 rings (SSSR count). The molecule has 1 aromatic rings. The first kappa shape index (κ1) is 14.5. The molecule has 1 aromatic carbocycles. The van der Waals surface area contributed by atoms with Gasteiger partial charge in [-0.3, -0.25) is 4.90 Å². The average molecular weight is 260 g/mol. The van der Waals surface area contributed by atoms with Gasteiger partial charge in [-0.05, 0) is 39.2 Å². The summed E-state index contributed by atoms with van der Waals surface area (Å²) in [4.78, 5) is 2.67. The van der Waals surface area contributed by atoms with Gasteiger partial charge in [-0.15, -0.1) is 0 Å². The fourth-order valence-electron chi connectivity index (χ4n) is 3.03. The Balaban J connectivity index is 2.02. The maximum atomic E-state index is 3.70. The zero-order valence-electron chi connectivity index (χ0n) is 12.8. The van der Waals surface area contributed by atoms with Crippen molar-refractivity contribution in [3.8, 4) is 0 Å². The van der Waals surface area contributed by atoms with E-state index < -0.39 is 0 Å². The highest BCUT2D eigenvalue weighted by Crippen LogP contribution is 2.22. The van der Waals surface area contributed by atoms with E-state index in [-0.39, 0.29) is 5.54 Å². The summed E-state index contributed by atoms with van der Waals surface area (Å²) >= 11 is 0. The fraction of sp³-hybridized carbons (Fsp3) is 0.647. The molecule has 1 aliphatic rings. The van der Waals surface area contributed by atoms with Crippen LogP contribution in [0, 0.1) is 0 Å². The number of benzene rings is 1. The van der Waals surface area contributed by atoms with Gasteiger partial charge in [0.25, 0.3) is 0 Å². The standard InChI is InChI=1S/C17H28N2/c1-5-17(4)13-19(15(3)12-18-17)14(2)11-16-9-7-6-8-10-16/h6-10,14-15,18H,5,11-13H2,1-4H3. The van der Waals surface area contributed by atoms with Crippen LogP contribution in [0.5, 0.6) is 0 Å². The minimum Gasteiger partial charge on any atom is -0.309 e. The van der Waals surface area contributed by atoms with Crippen molar-refractivity contribution in [2.75, 3.05) is 13.1 Å². The molecule has 1 heterocycles. The van der Waals surface area contributed by atoms with Crippen molar-refractivity contribution in [3.05, 3.63) is 35.9 Å². The lowest BCUT2D eigenvalue weighted by molar-refractivity contribution is 0.0601. The Bertz CT molecular complexity index is 390. The molecule has 0 amide bonds. The molecule has 0 saturated carbocycles. The Kier molecular flexibility index (Phi) is 4.64. The Labute approximate surface area is 118 Å². The molecule has 2 heteroatoms. The Morgan fingerprint density at radius 3 is 2.68 bits per heavy atom. The van der Waals surface area contributed by atoms with Gasteiger partial charge in [0.05, 0.1) is 0 Å². The lowest BCUT2D eigenvalue weighted by atomic mass is 9.91. The third-order valence-electron chi connectivity index (χ3n) is 4.64. The molecular formula is C17H28N2. The number of nitrogens with zero attached hydrogens (tertiary/aromatic N) is 1. The van der Waals surface area contributed by atoms with Gasteiger partial charge in [-0.2, -0.15) is 0 Å². The first-order valence-corrected chi connectivity index (χ1v) is 7.59. The monoisotopic (exact) mass is 260 g/mol.